The number of rotatable bonds is 28. The minimum absolute atomic E-state index is 0.215. The van der Waals surface area contributed by atoms with Crippen LogP contribution in [0, 0.1) is 47.4 Å². The van der Waals surface area contributed by atoms with Crippen LogP contribution in [0.3, 0.4) is 0 Å². The molecule has 0 aliphatic rings. The van der Waals surface area contributed by atoms with E-state index in [-0.39, 0.29) is 11.8 Å². The summed E-state index contributed by atoms with van der Waals surface area (Å²) in [5.74, 6) is 15.8. The minimum atomic E-state index is 0.215. The lowest BCUT2D eigenvalue weighted by Gasteiger charge is -2.13. The maximum Gasteiger partial charge on any atom is 0.219 e. The second kappa shape index (κ2) is 31.1. The Hall–Kier alpha value is -1.94. The van der Waals surface area contributed by atoms with Gasteiger partial charge in [-0.1, -0.05) is 130 Å². The molecule has 4 heteroatoms. The molecule has 0 aromatic heterocycles. The molecule has 0 saturated carbocycles. The quantitative estimate of drug-likeness (QED) is 0.0682. The van der Waals surface area contributed by atoms with E-state index in [9.17, 15) is 9.59 Å². The predicted molar refractivity (Wildman–Crippen MR) is 191 cm³/mol. The van der Waals surface area contributed by atoms with Crippen LogP contribution >= 0.6 is 0 Å². The molecular weight excluding hydrogens is 540 g/mol. The van der Waals surface area contributed by atoms with Gasteiger partial charge in [0, 0.05) is 38.8 Å². The first-order chi connectivity index (χ1) is 21.2. The molecule has 2 atom stereocenters. The zero-order valence-electron chi connectivity index (χ0n) is 30.1. The van der Waals surface area contributed by atoms with Gasteiger partial charge in [0.05, 0.1) is 0 Å². The van der Waals surface area contributed by atoms with Crippen LogP contribution in [0.5, 0.6) is 0 Å². The van der Waals surface area contributed by atoms with Crippen molar-refractivity contribution in [2.75, 3.05) is 13.1 Å². The van der Waals surface area contributed by atoms with Crippen molar-refractivity contribution in [3.63, 3.8) is 0 Å². The number of hydrogen-bond donors (Lipinski definition) is 2. The maximum atomic E-state index is 12.0. The molecule has 0 bridgehead atoms. The van der Waals surface area contributed by atoms with E-state index in [1.54, 1.807) is 0 Å². The summed E-state index contributed by atoms with van der Waals surface area (Å²) in [6, 6.07) is 0. The highest BCUT2D eigenvalue weighted by molar-refractivity contribution is 5.76. The number of amides is 2. The Labute approximate surface area is 274 Å². The molecule has 0 radical (unpaired) electrons. The third-order valence-electron chi connectivity index (χ3n) is 8.53. The molecule has 0 spiro atoms. The molecule has 2 unspecified atom stereocenters. The molecule has 0 aromatic rings. The molecule has 0 aliphatic heterocycles. The lowest BCUT2D eigenvalue weighted by molar-refractivity contribution is -0.122. The average Bonchev–Trinajstić information content (AvgIpc) is 2.96. The summed E-state index contributed by atoms with van der Waals surface area (Å²) in [4.78, 5) is 24.1. The molecule has 0 heterocycles. The molecule has 0 rings (SSSR count). The van der Waals surface area contributed by atoms with Crippen molar-refractivity contribution in [2.45, 2.75) is 183 Å². The smallest absolute Gasteiger partial charge is 0.219 e. The van der Waals surface area contributed by atoms with Crippen LogP contribution in [0.4, 0.5) is 0 Å². The summed E-state index contributed by atoms with van der Waals surface area (Å²) in [5.41, 5.74) is 0. The van der Waals surface area contributed by atoms with Gasteiger partial charge in [0.25, 0.3) is 0 Å². The van der Waals surface area contributed by atoms with E-state index < -0.39 is 0 Å². The van der Waals surface area contributed by atoms with Crippen molar-refractivity contribution in [3.8, 4) is 23.7 Å². The van der Waals surface area contributed by atoms with Gasteiger partial charge < -0.3 is 10.6 Å². The summed E-state index contributed by atoms with van der Waals surface area (Å²) in [7, 11) is 0. The number of carbonyl (C=O) groups is 2. The summed E-state index contributed by atoms with van der Waals surface area (Å²) in [5, 5.41) is 6.20. The number of hydrogen-bond acceptors (Lipinski definition) is 2. The Bertz CT molecular complexity index is 743. The molecule has 44 heavy (non-hydrogen) atoms. The number of carbonyl (C=O) groups excluding carboxylic acids is 2. The zero-order chi connectivity index (χ0) is 32.7. The third-order valence-corrected chi connectivity index (χ3v) is 8.53. The molecule has 2 amide bonds. The molecule has 0 saturated heterocycles. The summed E-state index contributed by atoms with van der Waals surface area (Å²) in [6.07, 6.45) is 24.3. The Morgan fingerprint density at radius 3 is 1.20 bits per heavy atom. The highest BCUT2D eigenvalue weighted by atomic mass is 16.2. The average molecular weight is 613 g/mol. The monoisotopic (exact) mass is 613 g/mol. The topological polar surface area (TPSA) is 58.2 Å². The molecule has 0 aromatic carbocycles. The largest absolute Gasteiger partial charge is 0.356 e. The van der Waals surface area contributed by atoms with E-state index in [4.69, 9.17) is 0 Å². The Morgan fingerprint density at radius 2 is 0.818 bits per heavy atom. The van der Waals surface area contributed by atoms with Gasteiger partial charge in [0.2, 0.25) is 11.8 Å². The highest BCUT2D eigenvalue weighted by Gasteiger charge is 2.07. The first-order valence-corrected chi connectivity index (χ1v) is 18.7. The number of unbranched alkanes of at least 4 members (excludes halogenated alkanes) is 10. The Kier molecular flexibility index (Phi) is 29.7. The van der Waals surface area contributed by atoms with Gasteiger partial charge in [-0.15, -0.1) is 0 Å². The zero-order valence-corrected chi connectivity index (χ0v) is 30.1. The van der Waals surface area contributed by atoms with E-state index in [1.807, 2.05) is 0 Å². The summed E-state index contributed by atoms with van der Waals surface area (Å²) < 4.78 is 0. The second-order valence-corrected chi connectivity index (χ2v) is 14.3. The van der Waals surface area contributed by atoms with Crippen LogP contribution in [-0.4, -0.2) is 24.9 Å². The Balaban J connectivity index is 3.49. The van der Waals surface area contributed by atoms with E-state index in [2.05, 4.69) is 75.9 Å². The van der Waals surface area contributed by atoms with Crippen molar-refractivity contribution in [1.29, 1.82) is 0 Å². The first-order valence-electron chi connectivity index (χ1n) is 18.7. The summed E-state index contributed by atoms with van der Waals surface area (Å²) in [6.45, 7) is 15.4. The van der Waals surface area contributed by atoms with Crippen LogP contribution in [0.1, 0.15) is 183 Å². The van der Waals surface area contributed by atoms with E-state index in [0.29, 0.717) is 24.7 Å². The van der Waals surface area contributed by atoms with Crippen LogP contribution in [-0.2, 0) is 9.59 Å². The Morgan fingerprint density at radius 1 is 0.455 bits per heavy atom. The number of nitrogens with one attached hydrogen (secondary N) is 2. The maximum absolute atomic E-state index is 12.0. The molecule has 0 fully saturated rings. The highest BCUT2D eigenvalue weighted by Crippen LogP contribution is 2.16. The van der Waals surface area contributed by atoms with Crippen molar-refractivity contribution in [1.82, 2.24) is 10.6 Å². The summed E-state index contributed by atoms with van der Waals surface area (Å²) >= 11 is 0. The standard InChI is InChI=1S/C40H72N2O2/c1-35(2)25-23-27-37(5)31-33-41-39(43)29-21-19-17-15-13-11-9-7-8-10-12-14-16-18-20-22-30-40(44)42-34-32-38(6)28-24-26-36(3)4/h35-38H,11-34H2,1-6H3,(H,41,43)(H,42,44). The fourth-order valence-electron chi connectivity index (χ4n) is 5.40. The SMILES string of the molecule is CC(C)CCCC(C)CCNC(=O)CCCCCCCC#CC#CCCCCCCCC(=O)NCCC(C)CCCC(C)C. The van der Waals surface area contributed by atoms with Crippen LogP contribution in [0.25, 0.3) is 0 Å². The van der Waals surface area contributed by atoms with Crippen LogP contribution in [0.15, 0.2) is 0 Å². The molecule has 2 N–H and O–H groups in total. The van der Waals surface area contributed by atoms with Crippen molar-refractivity contribution < 1.29 is 9.59 Å². The van der Waals surface area contributed by atoms with Gasteiger partial charge in [-0.05, 0) is 74.0 Å². The van der Waals surface area contributed by atoms with Gasteiger partial charge >= 0.3 is 0 Å². The van der Waals surface area contributed by atoms with Gasteiger partial charge in [-0.25, -0.2) is 0 Å². The molecular formula is C40H72N2O2. The van der Waals surface area contributed by atoms with Crippen molar-refractivity contribution in [2.24, 2.45) is 23.7 Å². The van der Waals surface area contributed by atoms with E-state index in [1.165, 1.54) is 64.2 Å². The van der Waals surface area contributed by atoms with Gasteiger partial charge in [0.1, 0.15) is 0 Å². The van der Waals surface area contributed by atoms with Gasteiger partial charge in [0.15, 0.2) is 0 Å². The van der Waals surface area contributed by atoms with Crippen molar-refractivity contribution in [3.05, 3.63) is 0 Å². The first kappa shape index (κ1) is 42.1. The lowest BCUT2D eigenvalue weighted by atomic mass is 9.97. The molecule has 4 nitrogen and oxygen atoms in total. The molecule has 254 valence electrons. The van der Waals surface area contributed by atoms with E-state index in [0.717, 1.165) is 89.1 Å². The third kappa shape index (κ3) is 33.0. The van der Waals surface area contributed by atoms with Gasteiger partial charge in [-0.3, -0.25) is 9.59 Å². The fourth-order valence-corrected chi connectivity index (χ4v) is 5.40. The van der Waals surface area contributed by atoms with Crippen LogP contribution in [0.2, 0.25) is 0 Å². The normalized spacial score (nSPS) is 12.3. The lowest BCUT2D eigenvalue weighted by Crippen LogP contribution is -2.25. The van der Waals surface area contributed by atoms with E-state index >= 15 is 0 Å². The second-order valence-electron chi connectivity index (χ2n) is 14.3. The fraction of sp³-hybridized carbons (Fsp3) is 0.850. The van der Waals surface area contributed by atoms with Crippen LogP contribution < -0.4 is 10.6 Å². The van der Waals surface area contributed by atoms with Crippen molar-refractivity contribution >= 4 is 11.8 Å². The van der Waals surface area contributed by atoms with Gasteiger partial charge in [-0.2, -0.15) is 0 Å². The molecule has 0 aliphatic carbocycles. The predicted octanol–water partition coefficient (Wildman–Crippen LogP) is 10.4. The minimum Gasteiger partial charge on any atom is -0.356 e.